The molecule has 7 heteroatoms. The van der Waals surface area contributed by atoms with Crippen molar-refractivity contribution in [1.29, 1.82) is 0 Å². The number of hydrogen-bond acceptors (Lipinski definition) is 5. The highest BCUT2D eigenvalue weighted by atomic mass is 79.9. The summed E-state index contributed by atoms with van der Waals surface area (Å²) in [5.74, 6) is -0.597. The second kappa shape index (κ2) is 9.56. The average Bonchev–Trinajstić information content (AvgIpc) is 2.61. The fraction of sp³-hybridized carbons (Fsp3) is 0.368. The first-order valence-electron chi connectivity index (χ1n) is 8.57. The second-order valence-electron chi connectivity index (χ2n) is 5.92. The number of nitrogens with zero attached hydrogens (tertiary/aromatic N) is 1. The van der Waals surface area contributed by atoms with Gasteiger partial charge in [0.05, 0.1) is 13.2 Å². The van der Waals surface area contributed by atoms with E-state index in [2.05, 4.69) is 21.2 Å². The zero-order valence-electron chi connectivity index (χ0n) is 15.6. The van der Waals surface area contributed by atoms with Crippen molar-refractivity contribution < 1.29 is 13.6 Å². The molecule has 2 rings (SSSR count). The summed E-state index contributed by atoms with van der Waals surface area (Å²) in [6.07, 6.45) is 0. The Labute approximate surface area is 164 Å². The first-order valence-corrected chi connectivity index (χ1v) is 11.0. The predicted molar refractivity (Wildman–Crippen MR) is 112 cm³/mol. The van der Waals surface area contributed by atoms with Gasteiger partial charge in [-0.2, -0.15) is 0 Å². The lowest BCUT2D eigenvalue weighted by Crippen LogP contribution is -2.16. The van der Waals surface area contributed by atoms with Crippen molar-refractivity contribution in [2.24, 2.45) is 0 Å². The molecule has 0 heterocycles. The van der Waals surface area contributed by atoms with Gasteiger partial charge in [-0.1, -0.05) is 28.1 Å². The van der Waals surface area contributed by atoms with Gasteiger partial charge in [-0.05, 0) is 55.8 Å². The quantitative estimate of drug-likeness (QED) is 0.492. The van der Waals surface area contributed by atoms with Gasteiger partial charge >= 0.3 is 7.60 Å². The van der Waals surface area contributed by atoms with Gasteiger partial charge in [-0.25, -0.2) is 0 Å². The van der Waals surface area contributed by atoms with Crippen LogP contribution in [0.2, 0.25) is 0 Å². The minimum Gasteiger partial charge on any atom is -0.378 e. The molecule has 0 aliphatic heterocycles. The lowest BCUT2D eigenvalue weighted by Gasteiger charge is -2.28. The highest BCUT2D eigenvalue weighted by molar-refractivity contribution is 9.10. The largest absolute Gasteiger partial charge is 0.378 e. The number of hydrogen-bond donors (Lipinski definition) is 1. The number of benzene rings is 2. The Morgan fingerprint density at radius 2 is 1.54 bits per heavy atom. The van der Waals surface area contributed by atoms with Crippen LogP contribution in [0.15, 0.2) is 53.0 Å². The lowest BCUT2D eigenvalue weighted by molar-refractivity contribution is 0.214. The van der Waals surface area contributed by atoms with Crippen LogP contribution in [0.25, 0.3) is 0 Å². The maximum atomic E-state index is 13.5. The molecule has 0 saturated heterocycles. The van der Waals surface area contributed by atoms with Crippen LogP contribution in [0.5, 0.6) is 0 Å². The standard InChI is InChI=1S/C19H26BrN2O3P/c1-5-24-26(23,25-6-2)19(21-17-11-9-16(20)10-12-17)15-7-13-18(14-8-15)22(3)4/h7-14,19,21H,5-6H2,1-4H3. The summed E-state index contributed by atoms with van der Waals surface area (Å²) in [4.78, 5) is 2.02. The molecule has 142 valence electrons. The molecule has 0 amide bonds. The molecule has 0 aliphatic rings. The third-order valence-corrected chi connectivity index (χ3v) is 6.63. The summed E-state index contributed by atoms with van der Waals surface area (Å²) in [7, 11) is 0.564. The van der Waals surface area contributed by atoms with Gasteiger partial charge in [0, 0.05) is 29.9 Å². The number of nitrogens with one attached hydrogen (secondary N) is 1. The number of halogens is 1. The Morgan fingerprint density at radius 1 is 1.00 bits per heavy atom. The molecular weight excluding hydrogens is 415 g/mol. The maximum Gasteiger partial charge on any atom is 0.357 e. The first-order chi connectivity index (χ1) is 12.4. The van der Waals surface area contributed by atoms with Gasteiger partial charge < -0.3 is 19.3 Å². The van der Waals surface area contributed by atoms with Gasteiger partial charge in [0.25, 0.3) is 0 Å². The molecule has 5 nitrogen and oxygen atoms in total. The molecule has 1 unspecified atom stereocenters. The summed E-state index contributed by atoms with van der Waals surface area (Å²) < 4.78 is 25.7. The first kappa shape index (κ1) is 21.0. The maximum absolute atomic E-state index is 13.5. The van der Waals surface area contributed by atoms with E-state index in [1.54, 1.807) is 0 Å². The van der Waals surface area contributed by atoms with Crippen LogP contribution in [0, 0.1) is 0 Å². The predicted octanol–water partition coefficient (Wildman–Crippen LogP) is 5.89. The molecule has 0 fully saturated rings. The van der Waals surface area contributed by atoms with E-state index in [1.807, 2.05) is 81.4 Å². The van der Waals surface area contributed by atoms with Crippen molar-refractivity contribution >= 4 is 34.9 Å². The minimum atomic E-state index is -3.40. The van der Waals surface area contributed by atoms with Crippen LogP contribution in [-0.2, 0) is 13.6 Å². The van der Waals surface area contributed by atoms with Crippen molar-refractivity contribution in [3.63, 3.8) is 0 Å². The summed E-state index contributed by atoms with van der Waals surface area (Å²) in [6.45, 7) is 4.26. The summed E-state index contributed by atoms with van der Waals surface area (Å²) in [6, 6.07) is 15.6. The van der Waals surface area contributed by atoms with Gasteiger partial charge in [-0.15, -0.1) is 0 Å². The van der Waals surface area contributed by atoms with Crippen LogP contribution in [-0.4, -0.2) is 27.3 Å². The molecule has 0 radical (unpaired) electrons. The molecule has 0 spiro atoms. The molecule has 0 saturated carbocycles. The molecule has 2 aromatic rings. The van der Waals surface area contributed by atoms with Crippen LogP contribution >= 0.6 is 23.5 Å². The Hall–Kier alpha value is -1.33. The van der Waals surface area contributed by atoms with Crippen molar-refractivity contribution in [2.45, 2.75) is 19.6 Å². The average molecular weight is 441 g/mol. The monoisotopic (exact) mass is 440 g/mol. The zero-order valence-corrected chi connectivity index (χ0v) is 18.1. The molecule has 1 atom stereocenters. The van der Waals surface area contributed by atoms with E-state index in [9.17, 15) is 4.57 Å². The Balaban J connectivity index is 2.42. The highest BCUT2D eigenvalue weighted by Gasteiger charge is 2.37. The summed E-state index contributed by atoms with van der Waals surface area (Å²) >= 11 is 3.43. The van der Waals surface area contributed by atoms with Gasteiger partial charge in [0.15, 0.2) is 5.78 Å². The van der Waals surface area contributed by atoms with Gasteiger partial charge in [-0.3, -0.25) is 4.57 Å². The zero-order chi connectivity index (χ0) is 19.2. The Morgan fingerprint density at radius 3 is 2.00 bits per heavy atom. The van der Waals surface area contributed by atoms with Gasteiger partial charge in [0.1, 0.15) is 0 Å². The second-order valence-corrected chi connectivity index (χ2v) is 8.94. The van der Waals surface area contributed by atoms with E-state index >= 15 is 0 Å². The van der Waals surface area contributed by atoms with Crippen molar-refractivity contribution in [2.75, 3.05) is 37.5 Å². The Kier molecular flexibility index (Phi) is 7.71. The Bertz CT molecular complexity index is 725. The van der Waals surface area contributed by atoms with E-state index in [0.717, 1.165) is 21.4 Å². The van der Waals surface area contributed by atoms with E-state index in [0.29, 0.717) is 13.2 Å². The van der Waals surface area contributed by atoms with E-state index < -0.39 is 13.4 Å². The van der Waals surface area contributed by atoms with Crippen LogP contribution in [0.4, 0.5) is 11.4 Å². The third-order valence-electron chi connectivity index (χ3n) is 3.81. The summed E-state index contributed by atoms with van der Waals surface area (Å²) in [5, 5.41) is 3.33. The number of rotatable bonds is 9. The lowest BCUT2D eigenvalue weighted by atomic mass is 10.2. The minimum absolute atomic E-state index is 0.311. The van der Waals surface area contributed by atoms with Crippen molar-refractivity contribution in [1.82, 2.24) is 0 Å². The topological polar surface area (TPSA) is 50.8 Å². The molecular formula is C19H26BrN2O3P. The molecule has 0 aliphatic carbocycles. The number of anilines is 2. The normalized spacial score (nSPS) is 12.7. The van der Waals surface area contributed by atoms with Gasteiger partial charge in [0.2, 0.25) is 0 Å². The van der Waals surface area contributed by atoms with Crippen molar-refractivity contribution in [3.05, 3.63) is 58.6 Å². The fourth-order valence-electron chi connectivity index (χ4n) is 2.55. The molecule has 0 bridgehead atoms. The summed E-state index contributed by atoms with van der Waals surface area (Å²) in [5.41, 5.74) is 2.76. The highest BCUT2D eigenvalue weighted by Crippen LogP contribution is 2.60. The van der Waals surface area contributed by atoms with Crippen molar-refractivity contribution in [3.8, 4) is 0 Å². The molecule has 0 aromatic heterocycles. The molecule has 2 aromatic carbocycles. The smallest absolute Gasteiger partial charge is 0.357 e. The van der Waals surface area contributed by atoms with Crippen LogP contribution in [0.1, 0.15) is 25.2 Å². The van der Waals surface area contributed by atoms with E-state index in [4.69, 9.17) is 9.05 Å². The van der Waals surface area contributed by atoms with E-state index in [-0.39, 0.29) is 0 Å². The SMILES string of the molecule is CCOP(=O)(OCC)C(Nc1ccc(Br)cc1)c1ccc(N(C)C)cc1. The van der Waals surface area contributed by atoms with Crippen LogP contribution in [0.3, 0.4) is 0 Å². The van der Waals surface area contributed by atoms with Crippen LogP contribution < -0.4 is 10.2 Å². The molecule has 1 N–H and O–H groups in total. The third kappa shape index (κ3) is 5.34. The van der Waals surface area contributed by atoms with E-state index in [1.165, 1.54) is 0 Å². The fourth-order valence-corrected chi connectivity index (χ4v) is 4.75. The molecule has 26 heavy (non-hydrogen) atoms.